The molecule has 0 aliphatic heterocycles. The number of aryl methyl sites for hydroxylation is 1. The van der Waals surface area contributed by atoms with Crippen LogP contribution in [-0.4, -0.2) is 5.91 Å². The van der Waals surface area contributed by atoms with E-state index in [1.807, 2.05) is 49.4 Å². The lowest BCUT2D eigenvalue weighted by Crippen LogP contribution is -2.08. The van der Waals surface area contributed by atoms with Gasteiger partial charge in [0.05, 0.1) is 5.56 Å². The summed E-state index contributed by atoms with van der Waals surface area (Å²) in [6, 6.07) is 25.5. The first-order valence-corrected chi connectivity index (χ1v) is 11.3. The maximum Gasteiger partial charge on any atom is 0.344 e. The van der Waals surface area contributed by atoms with Crippen molar-refractivity contribution in [3.05, 3.63) is 118 Å². The minimum atomic E-state index is -0.435. The van der Waals surface area contributed by atoms with Gasteiger partial charge in [-0.2, -0.15) is 0 Å². The van der Waals surface area contributed by atoms with Crippen molar-refractivity contribution >= 4 is 40.2 Å². The Morgan fingerprint density at radius 1 is 0.886 bits per heavy atom. The van der Waals surface area contributed by atoms with Crippen LogP contribution in [0.25, 0.3) is 39.5 Å². The third kappa shape index (κ3) is 4.95. The van der Waals surface area contributed by atoms with E-state index in [9.17, 15) is 9.59 Å². The number of rotatable bonds is 5. The lowest BCUT2D eigenvalue weighted by Gasteiger charge is -2.06. The second-order valence-electron chi connectivity index (χ2n) is 8.05. The van der Waals surface area contributed by atoms with Crippen molar-refractivity contribution in [2.24, 2.45) is 0 Å². The Balaban J connectivity index is 1.31. The Hall–Kier alpha value is -4.35. The van der Waals surface area contributed by atoms with Crippen LogP contribution in [0.4, 0.5) is 5.69 Å². The number of furan rings is 1. The molecular weight excluding hydrogens is 462 g/mol. The fraction of sp³-hybridized carbons (Fsp3) is 0.0345. The quantitative estimate of drug-likeness (QED) is 0.210. The van der Waals surface area contributed by atoms with Gasteiger partial charge in [0.1, 0.15) is 17.1 Å². The summed E-state index contributed by atoms with van der Waals surface area (Å²) in [6.45, 7) is 1.94. The highest BCUT2D eigenvalue weighted by Gasteiger charge is 2.09. The smallest absolute Gasteiger partial charge is 0.344 e. The third-order valence-electron chi connectivity index (χ3n) is 5.56. The number of hydrogen-bond donors (Lipinski definition) is 1. The van der Waals surface area contributed by atoms with Crippen LogP contribution in [0.2, 0.25) is 5.02 Å². The molecule has 172 valence electrons. The molecule has 1 N–H and O–H groups in total. The zero-order valence-corrected chi connectivity index (χ0v) is 19.5. The van der Waals surface area contributed by atoms with Crippen LogP contribution in [0.5, 0.6) is 0 Å². The van der Waals surface area contributed by atoms with Crippen molar-refractivity contribution in [2.75, 3.05) is 5.32 Å². The fourth-order valence-corrected chi connectivity index (χ4v) is 3.89. The van der Waals surface area contributed by atoms with Gasteiger partial charge < -0.3 is 14.2 Å². The summed E-state index contributed by atoms with van der Waals surface area (Å²) in [5.41, 5.74) is 3.58. The summed E-state index contributed by atoms with van der Waals surface area (Å²) in [4.78, 5) is 25.0. The monoisotopic (exact) mass is 481 g/mol. The molecule has 3 aromatic carbocycles. The van der Waals surface area contributed by atoms with Gasteiger partial charge in [-0.1, -0.05) is 54.1 Å². The van der Waals surface area contributed by atoms with Gasteiger partial charge in [-0.05, 0) is 66.6 Å². The van der Waals surface area contributed by atoms with E-state index >= 15 is 0 Å². The largest absolute Gasteiger partial charge is 0.457 e. The molecule has 0 radical (unpaired) electrons. The summed E-state index contributed by atoms with van der Waals surface area (Å²) < 4.78 is 11.2. The average molecular weight is 482 g/mol. The summed E-state index contributed by atoms with van der Waals surface area (Å²) in [5, 5.41) is 4.30. The van der Waals surface area contributed by atoms with E-state index in [0.717, 1.165) is 16.5 Å². The van der Waals surface area contributed by atoms with E-state index in [0.29, 0.717) is 38.9 Å². The number of anilines is 1. The molecule has 35 heavy (non-hydrogen) atoms. The van der Waals surface area contributed by atoms with Crippen LogP contribution < -0.4 is 10.9 Å². The van der Waals surface area contributed by atoms with E-state index in [1.165, 1.54) is 6.08 Å². The van der Waals surface area contributed by atoms with Crippen molar-refractivity contribution in [2.45, 2.75) is 6.92 Å². The molecule has 5 nitrogen and oxygen atoms in total. The predicted octanol–water partition coefficient (Wildman–Crippen LogP) is 7.33. The molecule has 0 spiro atoms. The molecule has 0 aliphatic rings. The Morgan fingerprint density at radius 2 is 1.74 bits per heavy atom. The number of para-hydroxylation sites is 1. The van der Waals surface area contributed by atoms with Gasteiger partial charge in [0.2, 0.25) is 5.91 Å². The number of benzene rings is 3. The van der Waals surface area contributed by atoms with Gasteiger partial charge in [-0.25, -0.2) is 4.79 Å². The Morgan fingerprint density at radius 3 is 2.60 bits per heavy atom. The first kappa shape index (κ1) is 22.4. The zero-order chi connectivity index (χ0) is 24.4. The highest BCUT2D eigenvalue weighted by Crippen LogP contribution is 2.27. The number of carbonyl (C=O) groups is 1. The SMILES string of the molecule is Cc1ccc(-c2ccc(C=CC(=O)Nc3cccc(-c4cc5ccccc5oc4=O)c3)o2)cc1Cl. The van der Waals surface area contributed by atoms with E-state index in [1.54, 1.807) is 48.5 Å². The molecule has 0 aliphatic carbocycles. The number of fused-ring (bicyclic) bond motifs is 1. The highest BCUT2D eigenvalue weighted by atomic mass is 35.5. The van der Waals surface area contributed by atoms with Crippen molar-refractivity contribution < 1.29 is 13.6 Å². The van der Waals surface area contributed by atoms with Gasteiger partial charge in [0.15, 0.2) is 0 Å². The highest BCUT2D eigenvalue weighted by molar-refractivity contribution is 6.31. The molecule has 0 atom stereocenters. The first-order chi connectivity index (χ1) is 17.0. The average Bonchev–Trinajstić information content (AvgIpc) is 3.33. The second-order valence-corrected chi connectivity index (χ2v) is 8.46. The summed E-state index contributed by atoms with van der Waals surface area (Å²) in [7, 11) is 0. The van der Waals surface area contributed by atoms with Gasteiger partial charge in [-0.3, -0.25) is 4.79 Å². The standard InChI is InChI=1S/C29H20ClNO4/c1-18-9-10-21(17-25(18)30)27-13-11-23(34-27)12-14-28(32)31-22-7-4-6-19(15-22)24-16-20-5-2-3-8-26(20)35-29(24)33/h2-17H,1H3,(H,31,32). The normalized spacial score (nSPS) is 11.3. The van der Waals surface area contributed by atoms with Crippen LogP contribution in [0, 0.1) is 6.92 Å². The van der Waals surface area contributed by atoms with Gasteiger partial charge in [0.25, 0.3) is 0 Å². The van der Waals surface area contributed by atoms with Gasteiger partial charge in [-0.15, -0.1) is 0 Å². The lowest BCUT2D eigenvalue weighted by atomic mass is 10.1. The predicted molar refractivity (Wildman–Crippen MR) is 139 cm³/mol. The Kier molecular flexibility index (Phi) is 6.08. The summed E-state index contributed by atoms with van der Waals surface area (Å²) >= 11 is 6.20. The lowest BCUT2D eigenvalue weighted by molar-refractivity contribution is -0.111. The molecule has 0 unspecified atom stereocenters. The number of nitrogens with one attached hydrogen (secondary N) is 1. The van der Waals surface area contributed by atoms with E-state index in [4.69, 9.17) is 20.4 Å². The van der Waals surface area contributed by atoms with E-state index in [-0.39, 0.29) is 5.91 Å². The van der Waals surface area contributed by atoms with Crippen molar-refractivity contribution in [1.82, 2.24) is 0 Å². The molecular formula is C29H20ClNO4. The minimum absolute atomic E-state index is 0.330. The van der Waals surface area contributed by atoms with Crippen LogP contribution in [0.3, 0.4) is 0 Å². The van der Waals surface area contributed by atoms with Gasteiger partial charge >= 0.3 is 5.63 Å². The Bertz CT molecular complexity index is 1640. The molecule has 2 heterocycles. The minimum Gasteiger partial charge on any atom is -0.457 e. The number of carbonyl (C=O) groups excluding carboxylic acids is 1. The number of hydrogen-bond acceptors (Lipinski definition) is 4. The van der Waals surface area contributed by atoms with Crippen LogP contribution in [0.15, 0.2) is 105 Å². The number of halogens is 1. The topological polar surface area (TPSA) is 72.5 Å². The zero-order valence-electron chi connectivity index (χ0n) is 18.7. The summed E-state index contributed by atoms with van der Waals surface area (Å²) in [5.74, 6) is 0.868. The van der Waals surface area contributed by atoms with Crippen LogP contribution >= 0.6 is 11.6 Å². The van der Waals surface area contributed by atoms with Crippen molar-refractivity contribution in [3.63, 3.8) is 0 Å². The molecule has 2 aromatic heterocycles. The second kappa shape index (κ2) is 9.49. The molecule has 5 aromatic rings. The maximum atomic E-state index is 12.5. The maximum absolute atomic E-state index is 12.5. The number of amides is 1. The molecule has 1 amide bonds. The summed E-state index contributed by atoms with van der Waals surface area (Å²) in [6.07, 6.45) is 2.98. The first-order valence-electron chi connectivity index (χ1n) is 10.9. The van der Waals surface area contributed by atoms with Crippen molar-refractivity contribution in [3.8, 4) is 22.5 Å². The fourth-order valence-electron chi connectivity index (χ4n) is 3.71. The van der Waals surface area contributed by atoms with Gasteiger partial charge in [0, 0.05) is 27.7 Å². The van der Waals surface area contributed by atoms with E-state index in [2.05, 4.69) is 5.32 Å². The molecule has 0 bridgehead atoms. The molecule has 5 rings (SSSR count). The van der Waals surface area contributed by atoms with E-state index < -0.39 is 5.63 Å². The van der Waals surface area contributed by atoms with Crippen molar-refractivity contribution in [1.29, 1.82) is 0 Å². The molecule has 0 saturated carbocycles. The van der Waals surface area contributed by atoms with Crippen LogP contribution in [0.1, 0.15) is 11.3 Å². The Labute approximate surface area is 206 Å². The molecule has 6 heteroatoms. The van der Waals surface area contributed by atoms with Crippen LogP contribution in [-0.2, 0) is 4.79 Å². The third-order valence-corrected chi connectivity index (χ3v) is 5.97. The molecule has 0 fully saturated rings. The molecule has 0 saturated heterocycles.